The summed E-state index contributed by atoms with van der Waals surface area (Å²) in [5.74, 6) is 0. The summed E-state index contributed by atoms with van der Waals surface area (Å²) in [6, 6.07) is 16.3. The van der Waals surface area contributed by atoms with Crippen LogP contribution in [-0.2, 0) is 6.61 Å². The van der Waals surface area contributed by atoms with E-state index in [1.54, 1.807) is 11.8 Å². The van der Waals surface area contributed by atoms with Gasteiger partial charge in [-0.2, -0.15) is 0 Å². The fourth-order valence-corrected chi connectivity index (χ4v) is 2.60. The van der Waals surface area contributed by atoms with Gasteiger partial charge in [-0.1, -0.05) is 47.7 Å². The van der Waals surface area contributed by atoms with Gasteiger partial charge in [-0.25, -0.2) is 0 Å². The molecule has 0 radical (unpaired) electrons. The van der Waals surface area contributed by atoms with Crippen molar-refractivity contribution in [1.29, 1.82) is 0 Å². The molecule has 0 atom stereocenters. The maximum absolute atomic E-state index is 9.24. The molecular weight excluding hydrogens is 216 g/mol. The molecule has 2 aromatic rings. The summed E-state index contributed by atoms with van der Waals surface area (Å²) in [5.41, 5.74) is 2.24. The number of aryl methyl sites for hydroxylation is 1. The first-order chi connectivity index (χ1) is 7.79. The fraction of sp³-hybridized carbons (Fsp3) is 0.143. The number of hydrogen-bond donors (Lipinski definition) is 1. The monoisotopic (exact) mass is 230 g/mol. The lowest BCUT2D eigenvalue weighted by atomic mass is 10.2. The average molecular weight is 230 g/mol. The van der Waals surface area contributed by atoms with Crippen LogP contribution in [0.2, 0.25) is 0 Å². The normalized spacial score (nSPS) is 10.4. The molecule has 0 spiro atoms. The van der Waals surface area contributed by atoms with Crippen molar-refractivity contribution in [2.24, 2.45) is 0 Å². The van der Waals surface area contributed by atoms with Crippen LogP contribution in [0, 0.1) is 6.92 Å². The zero-order valence-electron chi connectivity index (χ0n) is 9.18. The van der Waals surface area contributed by atoms with Crippen LogP contribution in [-0.4, -0.2) is 5.11 Å². The van der Waals surface area contributed by atoms with Crippen molar-refractivity contribution >= 4 is 11.8 Å². The first kappa shape index (κ1) is 11.2. The van der Waals surface area contributed by atoms with Crippen molar-refractivity contribution in [3.63, 3.8) is 0 Å². The third kappa shape index (κ3) is 2.65. The Morgan fingerprint density at radius 2 is 1.88 bits per heavy atom. The predicted molar refractivity (Wildman–Crippen MR) is 67.7 cm³/mol. The first-order valence-electron chi connectivity index (χ1n) is 5.23. The van der Waals surface area contributed by atoms with E-state index in [0.29, 0.717) is 0 Å². The van der Waals surface area contributed by atoms with Crippen LogP contribution >= 0.6 is 11.8 Å². The molecule has 0 heterocycles. The van der Waals surface area contributed by atoms with Gasteiger partial charge >= 0.3 is 0 Å². The maximum Gasteiger partial charge on any atom is 0.0692 e. The lowest BCUT2D eigenvalue weighted by Crippen LogP contribution is -1.86. The van der Waals surface area contributed by atoms with Crippen molar-refractivity contribution in [1.82, 2.24) is 0 Å². The Morgan fingerprint density at radius 3 is 2.62 bits per heavy atom. The molecule has 0 unspecified atom stereocenters. The van der Waals surface area contributed by atoms with Gasteiger partial charge in [0.15, 0.2) is 0 Å². The minimum Gasteiger partial charge on any atom is -0.392 e. The van der Waals surface area contributed by atoms with Crippen LogP contribution in [0.3, 0.4) is 0 Å². The smallest absolute Gasteiger partial charge is 0.0692 e. The molecule has 1 nitrogen and oxygen atoms in total. The molecule has 0 fully saturated rings. The van der Waals surface area contributed by atoms with E-state index in [9.17, 15) is 5.11 Å². The van der Waals surface area contributed by atoms with Crippen molar-refractivity contribution < 1.29 is 5.11 Å². The Balaban J connectivity index is 2.26. The minimum atomic E-state index is 0.0923. The molecule has 0 saturated heterocycles. The van der Waals surface area contributed by atoms with Crippen LogP contribution in [0.25, 0.3) is 0 Å². The quantitative estimate of drug-likeness (QED) is 0.868. The topological polar surface area (TPSA) is 20.2 Å². The fourth-order valence-electron chi connectivity index (χ4n) is 1.54. The third-order valence-corrected chi connectivity index (χ3v) is 3.47. The van der Waals surface area contributed by atoms with Crippen LogP contribution in [0.4, 0.5) is 0 Å². The van der Waals surface area contributed by atoms with E-state index in [-0.39, 0.29) is 6.61 Å². The molecule has 0 aliphatic rings. The van der Waals surface area contributed by atoms with E-state index in [4.69, 9.17) is 0 Å². The summed E-state index contributed by atoms with van der Waals surface area (Å²) >= 11 is 1.69. The molecule has 82 valence electrons. The summed E-state index contributed by atoms with van der Waals surface area (Å²) in [5, 5.41) is 9.24. The molecule has 0 aromatic heterocycles. The second-order valence-electron chi connectivity index (χ2n) is 3.68. The Hall–Kier alpha value is -1.25. The maximum atomic E-state index is 9.24. The van der Waals surface area contributed by atoms with Crippen LogP contribution in [0.1, 0.15) is 11.1 Å². The van der Waals surface area contributed by atoms with Crippen LogP contribution in [0.5, 0.6) is 0 Å². The second-order valence-corrected chi connectivity index (χ2v) is 4.80. The van der Waals surface area contributed by atoms with Gasteiger partial charge < -0.3 is 5.11 Å². The Kier molecular flexibility index (Phi) is 3.65. The highest BCUT2D eigenvalue weighted by Gasteiger charge is 2.02. The van der Waals surface area contributed by atoms with E-state index in [1.165, 1.54) is 10.5 Å². The molecule has 0 aliphatic heterocycles. The van der Waals surface area contributed by atoms with E-state index in [1.807, 2.05) is 24.3 Å². The van der Waals surface area contributed by atoms with Gasteiger partial charge in [-0.3, -0.25) is 0 Å². The summed E-state index contributed by atoms with van der Waals surface area (Å²) < 4.78 is 0. The van der Waals surface area contributed by atoms with Gasteiger partial charge in [0.25, 0.3) is 0 Å². The molecule has 0 saturated carbocycles. The van der Waals surface area contributed by atoms with Gasteiger partial charge in [0.2, 0.25) is 0 Å². The summed E-state index contributed by atoms with van der Waals surface area (Å²) in [6.07, 6.45) is 0. The predicted octanol–water partition coefficient (Wildman–Crippen LogP) is 3.64. The number of aliphatic hydroxyl groups is 1. The second kappa shape index (κ2) is 5.19. The Labute approximate surface area is 100 Å². The third-order valence-electron chi connectivity index (χ3n) is 2.36. The zero-order chi connectivity index (χ0) is 11.4. The zero-order valence-corrected chi connectivity index (χ0v) is 10.00. The average Bonchev–Trinajstić information content (AvgIpc) is 2.30. The number of rotatable bonds is 3. The number of hydrogen-bond acceptors (Lipinski definition) is 2. The highest BCUT2D eigenvalue weighted by Crippen LogP contribution is 2.30. The number of benzene rings is 2. The largest absolute Gasteiger partial charge is 0.392 e. The van der Waals surface area contributed by atoms with E-state index in [0.717, 1.165) is 10.5 Å². The Bertz CT molecular complexity index is 480. The van der Waals surface area contributed by atoms with E-state index in [2.05, 4.69) is 31.2 Å². The van der Waals surface area contributed by atoms with Gasteiger partial charge in [-0.15, -0.1) is 0 Å². The van der Waals surface area contributed by atoms with Crippen molar-refractivity contribution in [3.8, 4) is 0 Å². The van der Waals surface area contributed by atoms with Crippen LogP contribution in [0.15, 0.2) is 58.3 Å². The molecule has 2 rings (SSSR count). The van der Waals surface area contributed by atoms with Gasteiger partial charge in [0.05, 0.1) is 6.61 Å². The lowest BCUT2D eigenvalue weighted by molar-refractivity contribution is 0.279. The van der Waals surface area contributed by atoms with E-state index >= 15 is 0 Å². The van der Waals surface area contributed by atoms with Gasteiger partial charge in [-0.05, 0) is 30.7 Å². The summed E-state index contributed by atoms with van der Waals surface area (Å²) in [4.78, 5) is 2.33. The summed E-state index contributed by atoms with van der Waals surface area (Å²) in [6.45, 7) is 2.18. The van der Waals surface area contributed by atoms with Crippen LogP contribution < -0.4 is 0 Å². The molecule has 2 heteroatoms. The number of aliphatic hydroxyl groups excluding tert-OH is 1. The van der Waals surface area contributed by atoms with Gasteiger partial charge in [0, 0.05) is 9.79 Å². The lowest BCUT2D eigenvalue weighted by Gasteiger charge is -2.06. The molecule has 0 aliphatic carbocycles. The standard InChI is InChI=1S/C14H14OS/c1-11-5-4-7-13(9-11)16-14-8-3-2-6-12(14)10-15/h2-9,15H,10H2,1H3. The van der Waals surface area contributed by atoms with Crippen molar-refractivity contribution in [2.45, 2.75) is 23.3 Å². The first-order valence-corrected chi connectivity index (χ1v) is 6.04. The molecule has 0 bridgehead atoms. The summed E-state index contributed by atoms with van der Waals surface area (Å²) in [7, 11) is 0. The highest BCUT2D eigenvalue weighted by molar-refractivity contribution is 7.99. The molecule has 2 aromatic carbocycles. The minimum absolute atomic E-state index is 0.0923. The molecule has 16 heavy (non-hydrogen) atoms. The Morgan fingerprint density at radius 1 is 1.06 bits per heavy atom. The SMILES string of the molecule is Cc1cccc(Sc2ccccc2CO)c1. The highest BCUT2D eigenvalue weighted by atomic mass is 32.2. The molecule has 0 amide bonds. The van der Waals surface area contributed by atoms with E-state index < -0.39 is 0 Å². The molecular formula is C14H14OS. The van der Waals surface area contributed by atoms with Crippen molar-refractivity contribution in [3.05, 3.63) is 59.7 Å². The van der Waals surface area contributed by atoms with Gasteiger partial charge in [0.1, 0.15) is 0 Å². The molecule has 1 N–H and O–H groups in total. The van der Waals surface area contributed by atoms with Crippen molar-refractivity contribution in [2.75, 3.05) is 0 Å².